The summed E-state index contributed by atoms with van der Waals surface area (Å²) >= 11 is 5.89. The first-order chi connectivity index (χ1) is 9.91. The Kier molecular flexibility index (Phi) is 4.18. The van der Waals surface area contributed by atoms with Gasteiger partial charge in [-0.3, -0.25) is 14.9 Å². The number of rotatable bonds is 3. The monoisotopic (exact) mass is 305 g/mol. The lowest BCUT2D eigenvalue weighted by Crippen LogP contribution is -2.27. The molecule has 0 aliphatic carbocycles. The molecule has 0 saturated heterocycles. The van der Waals surface area contributed by atoms with Crippen molar-refractivity contribution in [2.45, 2.75) is 6.92 Å². The molecule has 0 aliphatic heterocycles. The van der Waals surface area contributed by atoms with E-state index < -0.39 is 10.8 Å². The van der Waals surface area contributed by atoms with E-state index in [9.17, 15) is 14.9 Å². The van der Waals surface area contributed by atoms with Crippen molar-refractivity contribution in [2.24, 2.45) is 0 Å². The predicted octanol–water partition coefficient (Wildman–Crippen LogP) is 3.23. The highest BCUT2D eigenvalue weighted by Gasteiger charge is 2.21. The van der Waals surface area contributed by atoms with Crippen LogP contribution in [0.5, 0.6) is 0 Å². The number of aromatic nitrogens is 1. The molecular weight excluding hydrogens is 294 g/mol. The second kappa shape index (κ2) is 5.88. The number of halogens is 1. The number of pyridine rings is 1. The van der Waals surface area contributed by atoms with Gasteiger partial charge in [0.1, 0.15) is 11.3 Å². The van der Waals surface area contributed by atoms with Crippen LogP contribution in [0.4, 0.5) is 11.4 Å². The Morgan fingerprint density at radius 3 is 2.67 bits per heavy atom. The Morgan fingerprint density at radius 2 is 2.05 bits per heavy atom. The Hall–Kier alpha value is -2.47. The van der Waals surface area contributed by atoms with Crippen LogP contribution >= 0.6 is 11.6 Å². The second-order valence-electron chi connectivity index (χ2n) is 4.44. The van der Waals surface area contributed by atoms with E-state index in [0.717, 1.165) is 17.8 Å². The van der Waals surface area contributed by atoms with Gasteiger partial charge in [-0.15, -0.1) is 0 Å². The fourth-order valence-electron chi connectivity index (χ4n) is 1.92. The number of anilines is 1. The van der Waals surface area contributed by atoms with Crippen molar-refractivity contribution in [2.75, 3.05) is 11.9 Å². The number of hydrogen-bond acceptors (Lipinski definition) is 4. The molecule has 0 N–H and O–H groups in total. The van der Waals surface area contributed by atoms with Crippen molar-refractivity contribution in [3.8, 4) is 0 Å². The molecule has 21 heavy (non-hydrogen) atoms. The van der Waals surface area contributed by atoms with Crippen molar-refractivity contribution < 1.29 is 9.72 Å². The van der Waals surface area contributed by atoms with Crippen molar-refractivity contribution in [1.82, 2.24) is 4.98 Å². The molecule has 0 atom stereocenters. The number of benzene rings is 1. The van der Waals surface area contributed by atoms with E-state index in [-0.39, 0.29) is 16.4 Å². The molecule has 0 radical (unpaired) electrons. The van der Waals surface area contributed by atoms with Gasteiger partial charge in [0.2, 0.25) is 0 Å². The van der Waals surface area contributed by atoms with Gasteiger partial charge in [-0.2, -0.15) is 0 Å². The summed E-state index contributed by atoms with van der Waals surface area (Å²) in [6.07, 6.45) is 1.02. The predicted molar refractivity (Wildman–Crippen MR) is 79.8 cm³/mol. The lowest BCUT2D eigenvalue weighted by atomic mass is 10.1. The average molecular weight is 306 g/mol. The molecule has 0 unspecified atom stereocenters. The summed E-state index contributed by atoms with van der Waals surface area (Å²) in [4.78, 5) is 27.7. The van der Waals surface area contributed by atoms with Gasteiger partial charge in [-0.1, -0.05) is 29.8 Å². The van der Waals surface area contributed by atoms with Crippen molar-refractivity contribution in [1.29, 1.82) is 0 Å². The second-order valence-corrected chi connectivity index (χ2v) is 4.80. The standard InChI is InChI=1S/C14H12ClN3O3/c1-9-5-3-4-6-12(9)17(2)14(19)11-7-10(18(20)21)8-16-13(11)15/h3-8H,1-2H3. The number of nitro groups is 1. The maximum absolute atomic E-state index is 12.5. The smallest absolute Gasteiger partial charge is 0.288 e. The SMILES string of the molecule is Cc1ccccc1N(C)C(=O)c1cc([N+](=O)[O-])cnc1Cl. The molecule has 6 nitrogen and oxygen atoms in total. The Balaban J connectivity index is 2.42. The third kappa shape index (κ3) is 3.00. The fourth-order valence-corrected chi connectivity index (χ4v) is 2.10. The molecule has 0 bridgehead atoms. The molecule has 1 aromatic carbocycles. The van der Waals surface area contributed by atoms with Crippen LogP contribution in [-0.2, 0) is 0 Å². The van der Waals surface area contributed by atoms with Gasteiger partial charge in [0.25, 0.3) is 11.6 Å². The van der Waals surface area contributed by atoms with Crippen LogP contribution in [0.15, 0.2) is 36.5 Å². The van der Waals surface area contributed by atoms with Crippen molar-refractivity contribution >= 4 is 28.9 Å². The third-order valence-corrected chi connectivity index (χ3v) is 3.35. The summed E-state index contributed by atoms with van der Waals surface area (Å²) in [5, 5.41) is 10.7. The molecule has 1 amide bonds. The molecule has 0 spiro atoms. The molecule has 7 heteroatoms. The average Bonchev–Trinajstić information content (AvgIpc) is 2.46. The number of nitrogens with zero attached hydrogens (tertiary/aromatic N) is 3. The number of carbonyl (C=O) groups is 1. The van der Waals surface area contributed by atoms with Gasteiger partial charge in [-0.05, 0) is 18.6 Å². The van der Waals surface area contributed by atoms with Crippen molar-refractivity contribution in [3.05, 3.63) is 62.9 Å². The normalized spacial score (nSPS) is 10.2. The lowest BCUT2D eigenvalue weighted by Gasteiger charge is -2.19. The lowest BCUT2D eigenvalue weighted by molar-refractivity contribution is -0.385. The molecule has 1 aromatic heterocycles. The van der Waals surface area contributed by atoms with E-state index in [1.807, 2.05) is 19.1 Å². The summed E-state index contributed by atoms with van der Waals surface area (Å²) < 4.78 is 0. The number of hydrogen-bond donors (Lipinski definition) is 0. The van der Waals surface area contributed by atoms with Crippen LogP contribution in [0, 0.1) is 17.0 Å². The Bertz CT molecular complexity index is 718. The summed E-state index contributed by atoms with van der Waals surface area (Å²) in [5.41, 5.74) is 1.32. The van der Waals surface area contributed by atoms with E-state index in [2.05, 4.69) is 4.98 Å². The minimum Gasteiger partial charge on any atom is -0.311 e. The fraction of sp³-hybridized carbons (Fsp3) is 0.143. The van der Waals surface area contributed by atoms with E-state index in [4.69, 9.17) is 11.6 Å². The van der Waals surface area contributed by atoms with Crippen LogP contribution in [0.3, 0.4) is 0 Å². The van der Waals surface area contributed by atoms with Gasteiger partial charge in [0, 0.05) is 18.8 Å². The molecule has 1 heterocycles. The van der Waals surface area contributed by atoms with Crippen LogP contribution < -0.4 is 4.90 Å². The maximum Gasteiger partial charge on any atom is 0.288 e. The van der Waals surface area contributed by atoms with Crippen LogP contribution in [0.2, 0.25) is 5.15 Å². The minimum absolute atomic E-state index is 0.00313. The van der Waals surface area contributed by atoms with Gasteiger partial charge in [0.05, 0.1) is 10.5 Å². The van der Waals surface area contributed by atoms with Crippen LogP contribution in [0.25, 0.3) is 0 Å². The Labute approximate surface area is 126 Å². The molecule has 0 fully saturated rings. The number of para-hydroxylation sites is 1. The van der Waals surface area contributed by atoms with Crippen molar-refractivity contribution in [3.63, 3.8) is 0 Å². The number of carbonyl (C=O) groups excluding carboxylic acids is 1. The summed E-state index contributed by atoms with van der Waals surface area (Å²) in [6.45, 7) is 1.87. The molecule has 0 saturated carbocycles. The largest absolute Gasteiger partial charge is 0.311 e. The summed E-state index contributed by atoms with van der Waals surface area (Å²) in [7, 11) is 1.58. The maximum atomic E-state index is 12.5. The number of aryl methyl sites for hydroxylation is 1. The van der Waals surface area contributed by atoms with Gasteiger partial charge >= 0.3 is 0 Å². The molecule has 2 rings (SSSR count). The molecule has 2 aromatic rings. The highest BCUT2D eigenvalue weighted by molar-refractivity contribution is 6.33. The summed E-state index contributed by atoms with van der Waals surface area (Å²) in [5.74, 6) is -0.453. The third-order valence-electron chi connectivity index (χ3n) is 3.05. The van der Waals surface area contributed by atoms with Crippen LogP contribution in [0.1, 0.15) is 15.9 Å². The zero-order valence-electron chi connectivity index (χ0n) is 11.4. The molecular formula is C14H12ClN3O3. The molecule has 0 aliphatic rings. The topological polar surface area (TPSA) is 76.3 Å². The zero-order chi connectivity index (χ0) is 15.6. The summed E-state index contributed by atoms with van der Waals surface area (Å²) in [6, 6.07) is 8.45. The first-order valence-electron chi connectivity index (χ1n) is 6.05. The highest BCUT2D eigenvalue weighted by atomic mass is 35.5. The van der Waals surface area contributed by atoms with E-state index >= 15 is 0 Å². The van der Waals surface area contributed by atoms with Crippen LogP contribution in [-0.4, -0.2) is 22.9 Å². The quantitative estimate of drug-likeness (QED) is 0.495. The zero-order valence-corrected chi connectivity index (χ0v) is 12.2. The minimum atomic E-state index is -0.617. The van der Waals surface area contributed by atoms with Gasteiger partial charge in [0.15, 0.2) is 0 Å². The first-order valence-corrected chi connectivity index (χ1v) is 6.43. The number of amides is 1. The van der Waals surface area contributed by atoms with E-state index in [1.54, 1.807) is 19.2 Å². The first kappa shape index (κ1) is 14.9. The van der Waals surface area contributed by atoms with E-state index in [1.165, 1.54) is 4.90 Å². The molecule has 108 valence electrons. The highest BCUT2D eigenvalue weighted by Crippen LogP contribution is 2.24. The van der Waals surface area contributed by atoms with Gasteiger partial charge in [-0.25, -0.2) is 4.98 Å². The Morgan fingerprint density at radius 1 is 1.38 bits per heavy atom. The van der Waals surface area contributed by atoms with Gasteiger partial charge < -0.3 is 4.90 Å². The van der Waals surface area contributed by atoms with E-state index in [0.29, 0.717) is 5.69 Å².